The van der Waals surface area contributed by atoms with Gasteiger partial charge in [-0.2, -0.15) is 8.42 Å². The highest BCUT2D eigenvalue weighted by molar-refractivity contribution is 7.80. The normalized spacial score (nSPS) is 32.5. The Morgan fingerprint density at radius 1 is 1.24 bits per heavy atom. The van der Waals surface area contributed by atoms with E-state index < -0.39 is 22.7 Å². The summed E-state index contributed by atoms with van der Waals surface area (Å²) in [6, 6.07) is 0. The Morgan fingerprint density at radius 2 is 1.97 bits per heavy atom. The van der Waals surface area contributed by atoms with Crippen LogP contribution in [0.1, 0.15) is 85.5 Å². The molecule has 2 unspecified atom stereocenters. The molecule has 1 saturated carbocycles. The standard InChI is InChI=1S/C25H40O7S/c1-17-8-9-20-15-24(2,3)12-11-21(20)25(17,4)13-10-18(16-31-33(28,29)30)6-5-7-19-14-22(26)32-23(19)27/h11,14,17-18,20,23,27H,5-10,12-13,15-16H2,1-4H3,(H,28,29,30)/t17-,18?,20+,23?,25-/m0/s1. The monoisotopic (exact) mass is 484 g/mol. The van der Waals surface area contributed by atoms with Crippen molar-refractivity contribution in [2.24, 2.45) is 28.6 Å². The van der Waals surface area contributed by atoms with E-state index in [9.17, 15) is 18.3 Å². The maximum Gasteiger partial charge on any atom is 0.397 e. The maximum atomic E-state index is 11.3. The number of ether oxygens (including phenoxy) is 1. The van der Waals surface area contributed by atoms with E-state index in [1.54, 1.807) is 5.57 Å². The molecule has 1 aliphatic heterocycles. The van der Waals surface area contributed by atoms with Crippen molar-refractivity contribution in [2.45, 2.75) is 91.8 Å². The van der Waals surface area contributed by atoms with Gasteiger partial charge in [0.25, 0.3) is 0 Å². The Balaban J connectivity index is 1.66. The molecule has 1 heterocycles. The van der Waals surface area contributed by atoms with Gasteiger partial charge in [0, 0.05) is 11.6 Å². The minimum Gasteiger partial charge on any atom is -0.429 e. The lowest BCUT2D eigenvalue weighted by Crippen LogP contribution is -2.40. The van der Waals surface area contributed by atoms with Crippen molar-refractivity contribution in [1.82, 2.24) is 0 Å². The van der Waals surface area contributed by atoms with Crippen LogP contribution in [-0.4, -0.2) is 36.9 Å². The number of carbonyl (C=O) groups excluding carboxylic acids is 1. The molecule has 0 amide bonds. The first-order valence-electron chi connectivity index (χ1n) is 12.2. The maximum absolute atomic E-state index is 11.3. The highest BCUT2D eigenvalue weighted by Gasteiger charge is 2.45. The van der Waals surface area contributed by atoms with Crippen LogP contribution in [0.15, 0.2) is 23.3 Å². The summed E-state index contributed by atoms with van der Waals surface area (Å²) in [6.45, 7) is 9.29. The van der Waals surface area contributed by atoms with Gasteiger partial charge in [0.1, 0.15) is 0 Å². The molecule has 0 spiro atoms. The zero-order valence-electron chi connectivity index (χ0n) is 20.4. The lowest BCUT2D eigenvalue weighted by Gasteiger charge is -2.51. The van der Waals surface area contributed by atoms with Gasteiger partial charge in [-0.1, -0.05) is 39.3 Å². The number of carbonyl (C=O) groups is 1. The van der Waals surface area contributed by atoms with Crippen LogP contribution in [0.2, 0.25) is 0 Å². The van der Waals surface area contributed by atoms with Crippen molar-refractivity contribution >= 4 is 16.4 Å². The van der Waals surface area contributed by atoms with Crippen LogP contribution in [-0.2, 0) is 24.1 Å². The molecule has 3 aliphatic rings. The molecule has 188 valence electrons. The van der Waals surface area contributed by atoms with Crippen LogP contribution in [0.3, 0.4) is 0 Å². The molecule has 33 heavy (non-hydrogen) atoms. The minimum absolute atomic E-state index is 0.0623. The lowest BCUT2D eigenvalue weighted by molar-refractivity contribution is -0.151. The van der Waals surface area contributed by atoms with Gasteiger partial charge in [0.2, 0.25) is 6.29 Å². The van der Waals surface area contributed by atoms with E-state index in [4.69, 9.17) is 13.5 Å². The summed E-state index contributed by atoms with van der Waals surface area (Å²) < 4.78 is 41.0. The van der Waals surface area contributed by atoms with Crippen molar-refractivity contribution in [1.29, 1.82) is 0 Å². The number of cyclic esters (lactones) is 1. The van der Waals surface area contributed by atoms with Crippen LogP contribution >= 0.6 is 0 Å². The van der Waals surface area contributed by atoms with Crippen LogP contribution < -0.4 is 0 Å². The molecule has 0 aromatic carbocycles. The molecule has 8 heteroatoms. The molecule has 0 radical (unpaired) electrons. The van der Waals surface area contributed by atoms with Gasteiger partial charge in [0.15, 0.2) is 0 Å². The van der Waals surface area contributed by atoms with Gasteiger partial charge >= 0.3 is 16.4 Å². The predicted octanol–water partition coefficient (Wildman–Crippen LogP) is 4.97. The highest BCUT2D eigenvalue weighted by atomic mass is 32.3. The SMILES string of the molecule is C[C@H]1CC[C@@H]2CC(C)(C)CC=C2[C@@]1(C)CCC(CCCC1=CC(=O)OC1O)COS(=O)(=O)O. The van der Waals surface area contributed by atoms with E-state index in [1.807, 2.05) is 0 Å². The van der Waals surface area contributed by atoms with Crippen molar-refractivity contribution in [3.63, 3.8) is 0 Å². The first-order chi connectivity index (χ1) is 15.3. The predicted molar refractivity (Wildman–Crippen MR) is 125 cm³/mol. The van der Waals surface area contributed by atoms with E-state index in [-0.39, 0.29) is 17.9 Å². The molecule has 0 aromatic heterocycles. The summed E-state index contributed by atoms with van der Waals surface area (Å²) in [5.74, 6) is 0.566. The second-order valence-corrected chi connectivity index (χ2v) is 12.4. The van der Waals surface area contributed by atoms with Gasteiger partial charge in [-0.25, -0.2) is 8.98 Å². The average Bonchev–Trinajstić information content (AvgIpc) is 3.02. The molecular weight excluding hydrogens is 444 g/mol. The molecule has 7 nitrogen and oxygen atoms in total. The fraction of sp³-hybridized carbons (Fsp3) is 0.800. The van der Waals surface area contributed by atoms with Gasteiger partial charge in [0.05, 0.1) is 6.61 Å². The van der Waals surface area contributed by atoms with Gasteiger partial charge in [-0.3, -0.25) is 4.55 Å². The van der Waals surface area contributed by atoms with Crippen molar-refractivity contribution in [3.8, 4) is 0 Å². The van der Waals surface area contributed by atoms with E-state index in [1.165, 1.54) is 25.3 Å². The summed E-state index contributed by atoms with van der Waals surface area (Å²) in [5.41, 5.74) is 2.52. The molecule has 0 bridgehead atoms. The quantitative estimate of drug-likeness (QED) is 0.256. The number of fused-ring (bicyclic) bond motifs is 1. The van der Waals surface area contributed by atoms with Gasteiger partial charge < -0.3 is 9.84 Å². The first-order valence-corrected chi connectivity index (χ1v) is 13.6. The Hall–Kier alpha value is -1.22. The second-order valence-electron chi connectivity index (χ2n) is 11.3. The number of allylic oxidation sites excluding steroid dienone is 2. The van der Waals surface area contributed by atoms with Crippen LogP contribution in [0.5, 0.6) is 0 Å². The van der Waals surface area contributed by atoms with Crippen LogP contribution in [0, 0.1) is 28.6 Å². The second kappa shape index (κ2) is 10.2. The summed E-state index contributed by atoms with van der Waals surface area (Å²) in [4.78, 5) is 11.3. The first kappa shape index (κ1) is 26.4. The molecule has 0 aromatic rings. The third kappa shape index (κ3) is 6.90. The molecule has 1 fully saturated rings. The molecule has 5 atom stereocenters. The largest absolute Gasteiger partial charge is 0.429 e. The molecule has 3 rings (SSSR count). The van der Waals surface area contributed by atoms with Gasteiger partial charge in [-0.15, -0.1) is 0 Å². The summed E-state index contributed by atoms with van der Waals surface area (Å²) in [7, 11) is -4.50. The molecule has 2 aliphatic carbocycles. The van der Waals surface area contributed by atoms with E-state index in [2.05, 4.69) is 33.8 Å². The number of esters is 1. The smallest absolute Gasteiger partial charge is 0.397 e. The lowest BCUT2D eigenvalue weighted by atomic mass is 9.54. The minimum atomic E-state index is -4.50. The van der Waals surface area contributed by atoms with Crippen molar-refractivity contribution in [2.75, 3.05) is 6.61 Å². The number of aliphatic hydroxyl groups excluding tert-OH is 1. The summed E-state index contributed by atoms with van der Waals surface area (Å²) in [5, 5.41) is 9.76. The zero-order valence-corrected chi connectivity index (χ0v) is 21.2. The van der Waals surface area contributed by atoms with Crippen LogP contribution in [0.25, 0.3) is 0 Å². The Kier molecular flexibility index (Phi) is 8.14. The third-order valence-electron chi connectivity index (χ3n) is 8.26. The number of hydrogen-bond acceptors (Lipinski definition) is 6. The van der Waals surface area contributed by atoms with Crippen molar-refractivity contribution in [3.05, 3.63) is 23.3 Å². The molecular formula is C25H40O7S. The Bertz CT molecular complexity index is 888. The Morgan fingerprint density at radius 3 is 2.61 bits per heavy atom. The third-order valence-corrected chi connectivity index (χ3v) is 8.69. The summed E-state index contributed by atoms with van der Waals surface area (Å²) in [6.07, 6.45) is 10.9. The topological polar surface area (TPSA) is 110 Å². The fourth-order valence-electron chi connectivity index (χ4n) is 6.05. The van der Waals surface area contributed by atoms with Gasteiger partial charge in [-0.05, 0) is 86.4 Å². The Labute approximate surface area is 198 Å². The average molecular weight is 485 g/mol. The van der Waals surface area contributed by atoms with E-state index >= 15 is 0 Å². The molecule has 0 saturated heterocycles. The summed E-state index contributed by atoms with van der Waals surface area (Å²) >= 11 is 0. The van der Waals surface area contributed by atoms with Crippen LogP contribution in [0.4, 0.5) is 0 Å². The van der Waals surface area contributed by atoms with Crippen molar-refractivity contribution < 1.29 is 31.8 Å². The van der Waals surface area contributed by atoms with E-state index in [0.717, 1.165) is 19.3 Å². The number of rotatable bonds is 10. The highest BCUT2D eigenvalue weighted by Crippen LogP contribution is 2.56. The number of hydrogen-bond donors (Lipinski definition) is 2. The number of aliphatic hydroxyl groups is 1. The molecule has 2 N–H and O–H groups in total. The fourth-order valence-corrected chi connectivity index (χ4v) is 6.41. The zero-order chi connectivity index (χ0) is 24.4. The van der Waals surface area contributed by atoms with E-state index in [0.29, 0.717) is 42.1 Å².